The van der Waals surface area contributed by atoms with E-state index in [0.717, 1.165) is 34.2 Å². The fourth-order valence-corrected chi connectivity index (χ4v) is 5.17. The first kappa shape index (κ1) is 28.4. The largest absolute Gasteiger partial charge is 0.481 e. The predicted octanol–water partition coefficient (Wildman–Crippen LogP) is 3.96. The van der Waals surface area contributed by atoms with E-state index in [9.17, 15) is 14.7 Å². The number of hydrogen-bond donors (Lipinski definition) is 4. The molecule has 2 aromatic heterocycles. The third-order valence-corrected chi connectivity index (χ3v) is 7.54. The first-order valence-electron chi connectivity index (χ1n) is 13.1. The fourth-order valence-electron chi connectivity index (χ4n) is 4.85. The Balaban J connectivity index is 1.41. The molecule has 1 amide bonds. The molecule has 212 valence electrons. The van der Waals surface area contributed by atoms with Gasteiger partial charge in [0, 0.05) is 47.8 Å². The molecule has 0 saturated carbocycles. The highest BCUT2D eigenvalue weighted by atomic mass is 35.5. The van der Waals surface area contributed by atoms with E-state index in [1.54, 1.807) is 13.2 Å². The second-order valence-corrected chi connectivity index (χ2v) is 10.1. The van der Waals surface area contributed by atoms with Crippen molar-refractivity contribution < 1.29 is 19.4 Å². The zero-order valence-electron chi connectivity index (χ0n) is 22.6. The van der Waals surface area contributed by atoms with Crippen LogP contribution in [0.5, 0.6) is 5.88 Å². The van der Waals surface area contributed by atoms with Crippen molar-refractivity contribution in [3.05, 3.63) is 92.9 Å². The Morgan fingerprint density at radius 2 is 1.93 bits per heavy atom. The van der Waals surface area contributed by atoms with Crippen molar-refractivity contribution in [2.45, 2.75) is 32.0 Å². The molecule has 1 aliphatic heterocycles. The van der Waals surface area contributed by atoms with Gasteiger partial charge in [0.05, 0.1) is 30.5 Å². The Kier molecular flexibility index (Phi) is 8.75. The van der Waals surface area contributed by atoms with Gasteiger partial charge in [0.2, 0.25) is 5.88 Å². The molecule has 1 saturated heterocycles. The summed E-state index contributed by atoms with van der Waals surface area (Å²) in [5.41, 5.74) is 4.54. The molecule has 11 heteroatoms. The molecular weight excluding hydrogens is 546 g/mol. The number of halogens is 1. The van der Waals surface area contributed by atoms with Gasteiger partial charge in [-0.15, -0.1) is 0 Å². The lowest BCUT2D eigenvalue weighted by molar-refractivity contribution is -0.0281. The number of rotatable bonds is 8. The zero-order valence-corrected chi connectivity index (χ0v) is 23.4. The van der Waals surface area contributed by atoms with Gasteiger partial charge in [-0.05, 0) is 42.7 Å². The molecule has 5 rings (SSSR count). The minimum absolute atomic E-state index is 0.0348. The SMILES string of the molecule is COc1nc(-c2cccc(-c3cccc(NC(=O)c4ccn[nH]c4=O)c3C)c2Cl)ccc1CNC1CCOCC1O. The first-order chi connectivity index (χ1) is 19.9. The number of anilines is 1. The Morgan fingerprint density at radius 3 is 2.71 bits per heavy atom. The summed E-state index contributed by atoms with van der Waals surface area (Å²) in [5, 5.41) is 22.8. The van der Waals surface area contributed by atoms with Gasteiger partial charge >= 0.3 is 0 Å². The van der Waals surface area contributed by atoms with Crippen molar-refractivity contribution in [1.82, 2.24) is 20.5 Å². The lowest BCUT2D eigenvalue weighted by atomic mass is 9.96. The maximum absolute atomic E-state index is 12.8. The summed E-state index contributed by atoms with van der Waals surface area (Å²) in [6.45, 7) is 3.29. The van der Waals surface area contributed by atoms with Gasteiger partial charge in [0.15, 0.2) is 0 Å². The number of carbonyl (C=O) groups excluding carboxylic acids is 1. The van der Waals surface area contributed by atoms with Gasteiger partial charge in [0.1, 0.15) is 5.56 Å². The quantitative estimate of drug-likeness (QED) is 0.248. The Labute approximate surface area is 241 Å². The molecule has 3 heterocycles. The van der Waals surface area contributed by atoms with Crippen molar-refractivity contribution in [2.75, 3.05) is 25.6 Å². The van der Waals surface area contributed by atoms with Gasteiger partial charge in [-0.2, -0.15) is 5.10 Å². The standard InChI is InChI=1S/C30H30ClN5O5/c1-17-19(5-4-8-23(17)34-28(38)22-11-13-33-36-29(22)39)20-6-3-7-21(27(20)31)24-10-9-18(30(35-24)40-2)15-32-25-12-14-41-16-26(25)37/h3-11,13,25-26,32,37H,12,14-16H2,1-2H3,(H,34,38)(H,36,39). The Bertz CT molecular complexity index is 1630. The fraction of sp³-hybridized carbons (Fsp3) is 0.267. The average Bonchev–Trinajstić information content (AvgIpc) is 2.98. The van der Waals surface area contributed by atoms with E-state index < -0.39 is 17.6 Å². The van der Waals surface area contributed by atoms with Crippen molar-refractivity contribution in [2.24, 2.45) is 0 Å². The maximum atomic E-state index is 12.8. The summed E-state index contributed by atoms with van der Waals surface area (Å²) in [6, 6.07) is 16.3. The van der Waals surface area contributed by atoms with Crippen molar-refractivity contribution in [3.63, 3.8) is 0 Å². The molecule has 1 fully saturated rings. The van der Waals surface area contributed by atoms with E-state index in [-0.39, 0.29) is 11.6 Å². The van der Waals surface area contributed by atoms with Crippen LogP contribution in [0.4, 0.5) is 5.69 Å². The molecule has 41 heavy (non-hydrogen) atoms. The summed E-state index contributed by atoms with van der Waals surface area (Å²) >= 11 is 6.97. The number of aromatic amines is 1. The molecule has 0 spiro atoms. The van der Waals surface area contributed by atoms with Crippen LogP contribution in [-0.2, 0) is 11.3 Å². The summed E-state index contributed by atoms with van der Waals surface area (Å²) in [7, 11) is 1.57. The molecule has 0 aliphatic carbocycles. The Morgan fingerprint density at radius 1 is 1.15 bits per heavy atom. The number of pyridine rings is 1. The van der Waals surface area contributed by atoms with Gasteiger partial charge in [-0.3, -0.25) is 9.59 Å². The molecule has 2 unspecified atom stereocenters. The summed E-state index contributed by atoms with van der Waals surface area (Å²) in [4.78, 5) is 29.5. The molecule has 2 aromatic carbocycles. The second-order valence-electron chi connectivity index (χ2n) is 9.68. The molecule has 4 aromatic rings. The Hall–Kier alpha value is -4.09. The minimum atomic E-state index is -0.569. The van der Waals surface area contributed by atoms with Gasteiger partial charge in [-0.25, -0.2) is 10.1 Å². The van der Waals surface area contributed by atoms with Crippen molar-refractivity contribution in [1.29, 1.82) is 0 Å². The van der Waals surface area contributed by atoms with Crippen molar-refractivity contribution in [3.8, 4) is 28.3 Å². The van der Waals surface area contributed by atoms with Crippen LogP contribution in [0, 0.1) is 6.92 Å². The summed E-state index contributed by atoms with van der Waals surface area (Å²) in [6.07, 6.45) is 1.52. The molecule has 4 N–H and O–H groups in total. The zero-order chi connectivity index (χ0) is 28.9. The lowest BCUT2D eigenvalue weighted by Gasteiger charge is -2.28. The second kappa shape index (κ2) is 12.6. The number of methoxy groups -OCH3 is 1. The van der Waals surface area contributed by atoms with E-state index in [1.165, 1.54) is 12.3 Å². The molecule has 2 atom stereocenters. The van der Waals surface area contributed by atoms with Crippen LogP contribution in [0.1, 0.15) is 27.9 Å². The molecular formula is C30H30ClN5O5. The number of aliphatic hydroxyl groups is 1. The number of aromatic nitrogens is 3. The number of hydrogen-bond acceptors (Lipinski definition) is 8. The number of ether oxygens (including phenoxy) is 2. The highest BCUT2D eigenvalue weighted by molar-refractivity contribution is 6.36. The van der Waals surface area contributed by atoms with E-state index in [4.69, 9.17) is 26.1 Å². The number of nitrogens with one attached hydrogen (secondary N) is 3. The van der Waals surface area contributed by atoms with Crippen LogP contribution in [0.3, 0.4) is 0 Å². The van der Waals surface area contributed by atoms with Gasteiger partial charge < -0.3 is 25.2 Å². The third kappa shape index (κ3) is 6.15. The van der Waals surface area contributed by atoms with Gasteiger partial charge in [-0.1, -0.05) is 48.0 Å². The molecule has 1 aliphatic rings. The number of amides is 1. The van der Waals surface area contributed by atoms with Crippen LogP contribution in [0.25, 0.3) is 22.4 Å². The number of H-pyrrole nitrogens is 1. The monoisotopic (exact) mass is 575 g/mol. The van der Waals surface area contributed by atoms with E-state index in [0.29, 0.717) is 42.0 Å². The number of nitrogens with zero attached hydrogens (tertiary/aromatic N) is 2. The third-order valence-electron chi connectivity index (χ3n) is 7.13. The minimum Gasteiger partial charge on any atom is -0.481 e. The number of aliphatic hydroxyl groups excluding tert-OH is 1. The van der Waals surface area contributed by atoms with Crippen LogP contribution in [-0.4, -0.2) is 58.7 Å². The van der Waals surface area contributed by atoms with Crippen LogP contribution < -0.4 is 20.9 Å². The summed E-state index contributed by atoms with van der Waals surface area (Å²) < 4.78 is 10.9. The molecule has 0 bridgehead atoms. The van der Waals surface area contributed by atoms with Crippen LogP contribution >= 0.6 is 11.6 Å². The normalized spacial score (nSPS) is 16.8. The topological polar surface area (TPSA) is 138 Å². The highest BCUT2D eigenvalue weighted by Crippen LogP contribution is 2.39. The molecule has 0 radical (unpaired) electrons. The lowest BCUT2D eigenvalue weighted by Crippen LogP contribution is -2.46. The van der Waals surface area contributed by atoms with Gasteiger partial charge in [0.25, 0.3) is 11.5 Å². The maximum Gasteiger partial charge on any atom is 0.277 e. The van der Waals surface area contributed by atoms with Crippen LogP contribution in [0.15, 0.2) is 65.6 Å². The number of carbonyl (C=O) groups is 1. The van der Waals surface area contributed by atoms with E-state index >= 15 is 0 Å². The number of benzene rings is 2. The van der Waals surface area contributed by atoms with Crippen LogP contribution in [0.2, 0.25) is 5.02 Å². The van der Waals surface area contributed by atoms with Crippen molar-refractivity contribution >= 4 is 23.2 Å². The average molecular weight is 576 g/mol. The molecule has 10 nitrogen and oxygen atoms in total. The van der Waals surface area contributed by atoms with E-state index in [2.05, 4.69) is 20.8 Å². The smallest absolute Gasteiger partial charge is 0.277 e. The first-order valence-corrected chi connectivity index (χ1v) is 13.5. The summed E-state index contributed by atoms with van der Waals surface area (Å²) in [5.74, 6) is -0.0732. The van der Waals surface area contributed by atoms with E-state index in [1.807, 2.05) is 49.4 Å². The highest BCUT2D eigenvalue weighted by Gasteiger charge is 2.24. The predicted molar refractivity (Wildman–Crippen MR) is 156 cm³/mol.